The van der Waals surface area contributed by atoms with Gasteiger partial charge >= 0.3 is 0 Å². The van der Waals surface area contributed by atoms with Crippen molar-refractivity contribution in [2.45, 2.75) is 25.7 Å². The largest absolute Gasteiger partial charge is 0.381 e. The fourth-order valence-corrected chi connectivity index (χ4v) is 2.83. The lowest BCUT2D eigenvalue weighted by atomic mass is 10.1. The molecule has 1 aromatic rings. The van der Waals surface area contributed by atoms with E-state index in [0.717, 1.165) is 63.8 Å². The van der Waals surface area contributed by atoms with Crippen LogP contribution in [-0.4, -0.2) is 42.8 Å². The first-order valence-electron chi connectivity index (χ1n) is 7.28. The van der Waals surface area contributed by atoms with Crippen LogP contribution in [0.15, 0.2) is 6.33 Å². The van der Waals surface area contributed by atoms with Gasteiger partial charge in [0.05, 0.1) is 5.69 Å². The molecule has 19 heavy (non-hydrogen) atoms. The summed E-state index contributed by atoms with van der Waals surface area (Å²) >= 11 is 0. The Balaban J connectivity index is 1.60. The Morgan fingerprint density at radius 3 is 3.16 bits per heavy atom. The first kappa shape index (κ1) is 12.8. The lowest BCUT2D eigenvalue weighted by Crippen LogP contribution is -2.16. The number of anilines is 1. The van der Waals surface area contributed by atoms with Crippen molar-refractivity contribution in [3.63, 3.8) is 0 Å². The highest BCUT2D eigenvalue weighted by molar-refractivity contribution is 5.46. The number of ether oxygens (including phenoxy) is 1. The van der Waals surface area contributed by atoms with Crippen molar-refractivity contribution in [1.29, 1.82) is 0 Å². The number of rotatable bonds is 4. The zero-order valence-corrected chi connectivity index (χ0v) is 11.3. The van der Waals surface area contributed by atoms with E-state index < -0.39 is 0 Å². The first-order valence-corrected chi connectivity index (χ1v) is 7.28. The topological polar surface area (TPSA) is 59.1 Å². The highest BCUT2D eigenvalue weighted by atomic mass is 16.5. The van der Waals surface area contributed by atoms with E-state index in [9.17, 15) is 0 Å². The fraction of sp³-hybridized carbons (Fsp3) is 0.714. The van der Waals surface area contributed by atoms with Crippen molar-refractivity contribution in [2.24, 2.45) is 5.92 Å². The SMILES string of the molecule is c1nc2c(c(NCC[C@H]3CCOC3)n1)CCNCC2. The van der Waals surface area contributed by atoms with Crippen LogP contribution in [0, 0.1) is 5.92 Å². The van der Waals surface area contributed by atoms with Gasteiger partial charge in [0.15, 0.2) is 0 Å². The van der Waals surface area contributed by atoms with Gasteiger partial charge in [0.1, 0.15) is 12.1 Å². The van der Waals surface area contributed by atoms with Crippen molar-refractivity contribution >= 4 is 5.82 Å². The number of nitrogens with one attached hydrogen (secondary N) is 2. The van der Waals surface area contributed by atoms with Gasteiger partial charge in [0, 0.05) is 38.3 Å². The first-order chi connectivity index (χ1) is 9.43. The van der Waals surface area contributed by atoms with Crippen LogP contribution in [-0.2, 0) is 17.6 Å². The third kappa shape index (κ3) is 3.22. The molecule has 2 aliphatic rings. The Labute approximate surface area is 114 Å². The van der Waals surface area contributed by atoms with Crippen molar-refractivity contribution in [3.05, 3.63) is 17.6 Å². The van der Waals surface area contributed by atoms with Gasteiger partial charge in [-0.15, -0.1) is 0 Å². The van der Waals surface area contributed by atoms with Gasteiger partial charge in [-0.05, 0) is 31.7 Å². The normalized spacial score (nSPS) is 22.8. The molecular formula is C14H22N4O. The molecule has 0 aromatic carbocycles. The molecule has 5 nitrogen and oxygen atoms in total. The highest BCUT2D eigenvalue weighted by Gasteiger charge is 2.16. The third-order valence-electron chi connectivity index (χ3n) is 3.99. The predicted molar refractivity (Wildman–Crippen MR) is 74.3 cm³/mol. The number of aromatic nitrogens is 2. The van der Waals surface area contributed by atoms with Crippen LogP contribution >= 0.6 is 0 Å². The van der Waals surface area contributed by atoms with Gasteiger partial charge in [0.25, 0.3) is 0 Å². The van der Waals surface area contributed by atoms with Gasteiger partial charge in [-0.2, -0.15) is 0 Å². The molecule has 1 aromatic heterocycles. The van der Waals surface area contributed by atoms with Crippen LogP contribution in [0.2, 0.25) is 0 Å². The number of nitrogens with zero attached hydrogens (tertiary/aromatic N) is 2. The number of hydrogen-bond donors (Lipinski definition) is 2. The van der Waals surface area contributed by atoms with Gasteiger partial charge < -0.3 is 15.4 Å². The average molecular weight is 262 g/mol. The summed E-state index contributed by atoms with van der Waals surface area (Å²) < 4.78 is 5.41. The molecule has 104 valence electrons. The molecule has 0 radical (unpaired) electrons. The second kappa shape index (κ2) is 6.30. The van der Waals surface area contributed by atoms with Crippen LogP contribution < -0.4 is 10.6 Å². The summed E-state index contributed by atoms with van der Waals surface area (Å²) in [5.74, 6) is 1.75. The summed E-state index contributed by atoms with van der Waals surface area (Å²) in [4.78, 5) is 8.83. The zero-order chi connectivity index (χ0) is 12.9. The van der Waals surface area contributed by atoms with E-state index in [4.69, 9.17) is 4.74 Å². The molecule has 1 saturated heterocycles. The molecule has 0 unspecified atom stereocenters. The average Bonchev–Trinajstić information content (AvgIpc) is 2.82. The van der Waals surface area contributed by atoms with Crippen LogP contribution in [0.1, 0.15) is 24.1 Å². The van der Waals surface area contributed by atoms with E-state index in [2.05, 4.69) is 20.6 Å². The summed E-state index contributed by atoms with van der Waals surface area (Å²) in [6, 6.07) is 0. The molecule has 0 spiro atoms. The van der Waals surface area contributed by atoms with Gasteiger partial charge in [-0.1, -0.05) is 0 Å². The zero-order valence-electron chi connectivity index (χ0n) is 11.3. The quantitative estimate of drug-likeness (QED) is 0.848. The highest BCUT2D eigenvalue weighted by Crippen LogP contribution is 2.20. The molecule has 3 rings (SSSR count). The Morgan fingerprint density at radius 2 is 2.26 bits per heavy atom. The van der Waals surface area contributed by atoms with E-state index >= 15 is 0 Å². The van der Waals surface area contributed by atoms with E-state index in [1.54, 1.807) is 6.33 Å². The minimum absolute atomic E-state index is 0.717. The van der Waals surface area contributed by atoms with Crippen molar-refractivity contribution in [2.75, 3.05) is 38.2 Å². The molecule has 0 aliphatic carbocycles. The summed E-state index contributed by atoms with van der Waals surface area (Å²) in [6.07, 6.45) is 6.07. The smallest absolute Gasteiger partial charge is 0.132 e. The van der Waals surface area contributed by atoms with E-state index in [0.29, 0.717) is 0 Å². The van der Waals surface area contributed by atoms with Gasteiger partial charge in [0.2, 0.25) is 0 Å². The predicted octanol–water partition coefficient (Wildman–Crippen LogP) is 1.00. The second-order valence-corrected chi connectivity index (χ2v) is 5.34. The molecule has 2 aliphatic heterocycles. The summed E-state index contributed by atoms with van der Waals surface area (Å²) in [5.41, 5.74) is 2.50. The molecule has 0 saturated carbocycles. The lowest BCUT2D eigenvalue weighted by molar-refractivity contribution is 0.185. The van der Waals surface area contributed by atoms with Crippen LogP contribution in [0.4, 0.5) is 5.82 Å². The lowest BCUT2D eigenvalue weighted by Gasteiger charge is -2.13. The van der Waals surface area contributed by atoms with Gasteiger partial charge in [-0.3, -0.25) is 0 Å². The molecule has 5 heteroatoms. The summed E-state index contributed by atoms with van der Waals surface area (Å²) in [5, 5.41) is 6.90. The Bertz CT molecular complexity index is 418. The molecule has 1 fully saturated rings. The maximum Gasteiger partial charge on any atom is 0.132 e. The number of fused-ring (bicyclic) bond motifs is 1. The van der Waals surface area contributed by atoms with Crippen molar-refractivity contribution < 1.29 is 4.74 Å². The number of hydrogen-bond acceptors (Lipinski definition) is 5. The minimum atomic E-state index is 0.717. The summed E-state index contributed by atoms with van der Waals surface area (Å²) in [7, 11) is 0. The maximum atomic E-state index is 5.41. The monoisotopic (exact) mass is 262 g/mol. The Kier molecular flexibility index (Phi) is 4.25. The molecule has 1 atom stereocenters. The molecule has 0 bridgehead atoms. The fourth-order valence-electron chi connectivity index (χ4n) is 2.83. The minimum Gasteiger partial charge on any atom is -0.381 e. The van der Waals surface area contributed by atoms with Gasteiger partial charge in [-0.25, -0.2) is 9.97 Å². The Morgan fingerprint density at radius 1 is 1.32 bits per heavy atom. The molecule has 0 amide bonds. The van der Waals surface area contributed by atoms with Crippen LogP contribution in [0.3, 0.4) is 0 Å². The summed E-state index contributed by atoms with van der Waals surface area (Å²) in [6.45, 7) is 4.87. The molecule has 2 N–H and O–H groups in total. The molecular weight excluding hydrogens is 240 g/mol. The van der Waals surface area contributed by atoms with Crippen LogP contribution in [0.5, 0.6) is 0 Å². The maximum absolute atomic E-state index is 5.41. The van der Waals surface area contributed by atoms with Crippen molar-refractivity contribution in [1.82, 2.24) is 15.3 Å². The molecule has 3 heterocycles. The standard InChI is InChI=1S/C14H22N4O/c1(11-4-8-19-9-11)7-16-14-12-2-5-15-6-3-13(12)17-10-18-14/h10-11,15H,1-9H2,(H,16,17,18)/t11-/m0/s1. The van der Waals surface area contributed by atoms with Crippen molar-refractivity contribution in [3.8, 4) is 0 Å². The van der Waals surface area contributed by atoms with Crippen LogP contribution in [0.25, 0.3) is 0 Å². The Hall–Kier alpha value is -1.20. The van der Waals surface area contributed by atoms with E-state index in [1.807, 2.05) is 0 Å². The van der Waals surface area contributed by atoms with E-state index in [-0.39, 0.29) is 0 Å². The third-order valence-corrected chi connectivity index (χ3v) is 3.99. The second-order valence-electron chi connectivity index (χ2n) is 5.34. The van der Waals surface area contributed by atoms with E-state index in [1.165, 1.54) is 17.7 Å².